The van der Waals surface area contributed by atoms with Crippen LogP contribution >= 0.6 is 0 Å². The monoisotopic (exact) mass is 347 g/mol. The molecule has 1 amide bonds. The van der Waals surface area contributed by atoms with Gasteiger partial charge in [-0.3, -0.25) is 19.3 Å². The highest BCUT2D eigenvalue weighted by Crippen LogP contribution is 2.19. The van der Waals surface area contributed by atoms with Gasteiger partial charge >= 0.3 is 0 Å². The zero-order valence-corrected chi connectivity index (χ0v) is 15.9. The molecule has 2 saturated heterocycles. The number of carbonyl (C=O) groups excluding carboxylic acids is 1. The first-order chi connectivity index (χ1) is 12.2. The first kappa shape index (κ1) is 18.4. The summed E-state index contributed by atoms with van der Waals surface area (Å²) < 4.78 is 1.98. The van der Waals surface area contributed by atoms with Crippen LogP contribution < -0.4 is 0 Å². The number of likely N-dealkylation sites (N-methyl/N-ethyl adjacent to an activating group) is 1. The number of piperidine rings is 1. The highest BCUT2D eigenvalue weighted by molar-refractivity contribution is 5.82. The molecule has 1 atom stereocenters. The molecule has 1 aromatic rings. The lowest BCUT2D eigenvalue weighted by Crippen LogP contribution is -2.51. The van der Waals surface area contributed by atoms with E-state index in [0.717, 1.165) is 65.2 Å². The molecule has 2 fully saturated rings. The summed E-state index contributed by atoms with van der Waals surface area (Å²) in [6, 6.07) is 0.119. The number of likely N-dealkylation sites (tertiary alicyclic amines) is 1. The summed E-state index contributed by atoms with van der Waals surface area (Å²) in [5.41, 5.74) is 1.27. The second kappa shape index (κ2) is 8.81. The third kappa shape index (κ3) is 4.61. The van der Waals surface area contributed by atoms with Gasteiger partial charge in [-0.1, -0.05) is 13.3 Å². The summed E-state index contributed by atoms with van der Waals surface area (Å²) in [5, 5.41) is 4.37. The van der Waals surface area contributed by atoms with Crippen molar-refractivity contribution in [1.29, 1.82) is 0 Å². The lowest BCUT2D eigenvalue weighted by molar-refractivity contribution is -0.138. The minimum Gasteiger partial charge on any atom is -0.340 e. The fourth-order valence-electron chi connectivity index (χ4n) is 4.13. The van der Waals surface area contributed by atoms with Crippen LogP contribution in [-0.4, -0.2) is 75.7 Å². The molecular formula is C19H33N5O. The summed E-state index contributed by atoms with van der Waals surface area (Å²) in [5.74, 6) is 0.363. The molecule has 0 spiro atoms. The number of hydrogen-bond donors (Lipinski definition) is 0. The molecule has 3 rings (SSSR count). The lowest BCUT2D eigenvalue weighted by atomic mass is 10.0. The molecular weight excluding hydrogens is 314 g/mol. The van der Waals surface area contributed by atoms with E-state index in [0.29, 0.717) is 5.91 Å². The molecule has 2 aliphatic rings. The number of aromatic nitrogens is 2. The Labute approximate surface area is 151 Å². The second-order valence-corrected chi connectivity index (χ2v) is 7.30. The van der Waals surface area contributed by atoms with Crippen molar-refractivity contribution >= 4 is 5.91 Å². The van der Waals surface area contributed by atoms with Gasteiger partial charge in [0.1, 0.15) is 0 Å². The van der Waals surface area contributed by atoms with Gasteiger partial charge in [0.15, 0.2) is 0 Å². The number of nitrogens with zero attached hydrogens (tertiary/aromatic N) is 5. The van der Waals surface area contributed by atoms with Crippen LogP contribution in [0.4, 0.5) is 0 Å². The average Bonchev–Trinajstić information content (AvgIpc) is 2.98. The maximum atomic E-state index is 13.0. The fourth-order valence-corrected chi connectivity index (χ4v) is 4.13. The number of amides is 1. The molecule has 6 nitrogen and oxygen atoms in total. The van der Waals surface area contributed by atoms with E-state index < -0.39 is 0 Å². The van der Waals surface area contributed by atoms with Crippen molar-refractivity contribution < 1.29 is 4.79 Å². The van der Waals surface area contributed by atoms with Crippen LogP contribution in [-0.2, 0) is 17.9 Å². The Bertz CT molecular complexity index is 558. The van der Waals surface area contributed by atoms with Crippen molar-refractivity contribution in [2.24, 2.45) is 0 Å². The van der Waals surface area contributed by atoms with Crippen molar-refractivity contribution in [2.45, 2.75) is 58.7 Å². The summed E-state index contributed by atoms with van der Waals surface area (Å²) in [6.45, 7) is 12.0. The summed E-state index contributed by atoms with van der Waals surface area (Å²) in [7, 11) is 0. The SMILES string of the molecule is CCN1CCCC[C@H]1C(=O)N1CCCN(Cc2cnn(CC)c2)CC1. The average molecular weight is 348 g/mol. The zero-order valence-electron chi connectivity index (χ0n) is 15.9. The van der Waals surface area contributed by atoms with Gasteiger partial charge < -0.3 is 4.90 Å². The van der Waals surface area contributed by atoms with Crippen LogP contribution in [0.3, 0.4) is 0 Å². The molecule has 25 heavy (non-hydrogen) atoms. The van der Waals surface area contributed by atoms with Crippen LogP contribution in [0.2, 0.25) is 0 Å². The molecule has 0 N–H and O–H groups in total. The van der Waals surface area contributed by atoms with Crippen LogP contribution in [0.5, 0.6) is 0 Å². The van der Waals surface area contributed by atoms with E-state index in [2.05, 4.69) is 39.8 Å². The first-order valence-electron chi connectivity index (χ1n) is 9.97. The minimum absolute atomic E-state index is 0.119. The standard InChI is InChI=1S/C19H33N5O/c1-3-22-10-6-5-8-18(22)19(25)23-11-7-9-21(12-13-23)15-17-14-20-24(4-2)16-17/h14,16,18H,3-13,15H2,1-2H3/t18-/m0/s1. The minimum atomic E-state index is 0.119. The Morgan fingerprint density at radius 1 is 1.08 bits per heavy atom. The Kier molecular flexibility index (Phi) is 6.48. The molecule has 0 aliphatic carbocycles. The molecule has 3 heterocycles. The summed E-state index contributed by atoms with van der Waals surface area (Å²) in [4.78, 5) is 20.0. The quantitative estimate of drug-likeness (QED) is 0.815. The number of aryl methyl sites for hydroxylation is 1. The Morgan fingerprint density at radius 3 is 2.72 bits per heavy atom. The van der Waals surface area contributed by atoms with Crippen molar-refractivity contribution in [2.75, 3.05) is 39.3 Å². The van der Waals surface area contributed by atoms with E-state index in [9.17, 15) is 4.79 Å². The third-order valence-electron chi connectivity index (χ3n) is 5.62. The molecule has 6 heteroatoms. The molecule has 0 saturated carbocycles. The largest absolute Gasteiger partial charge is 0.340 e. The predicted molar refractivity (Wildman–Crippen MR) is 99.3 cm³/mol. The summed E-state index contributed by atoms with van der Waals surface area (Å²) in [6.07, 6.45) is 8.62. The zero-order chi connectivity index (χ0) is 17.6. The lowest BCUT2D eigenvalue weighted by Gasteiger charge is -2.36. The molecule has 0 unspecified atom stereocenters. The Balaban J connectivity index is 1.54. The summed E-state index contributed by atoms with van der Waals surface area (Å²) >= 11 is 0. The van der Waals surface area contributed by atoms with Gasteiger partial charge in [-0.2, -0.15) is 5.10 Å². The smallest absolute Gasteiger partial charge is 0.239 e. The second-order valence-electron chi connectivity index (χ2n) is 7.30. The van der Waals surface area contributed by atoms with Crippen LogP contribution in [0.1, 0.15) is 45.1 Å². The topological polar surface area (TPSA) is 44.6 Å². The highest BCUT2D eigenvalue weighted by atomic mass is 16.2. The van der Waals surface area contributed by atoms with E-state index in [1.54, 1.807) is 0 Å². The molecule has 140 valence electrons. The van der Waals surface area contributed by atoms with E-state index >= 15 is 0 Å². The molecule has 2 aliphatic heterocycles. The van der Waals surface area contributed by atoms with Gasteiger partial charge in [0, 0.05) is 51.0 Å². The van der Waals surface area contributed by atoms with Crippen LogP contribution in [0.15, 0.2) is 12.4 Å². The fraction of sp³-hybridized carbons (Fsp3) is 0.789. The van der Waals surface area contributed by atoms with Crippen molar-refractivity contribution in [1.82, 2.24) is 24.5 Å². The number of rotatable bonds is 5. The first-order valence-corrected chi connectivity index (χ1v) is 9.97. The van der Waals surface area contributed by atoms with Gasteiger partial charge in [-0.25, -0.2) is 0 Å². The van der Waals surface area contributed by atoms with E-state index in [-0.39, 0.29) is 6.04 Å². The predicted octanol–water partition coefficient (Wildman–Crippen LogP) is 1.81. The molecule has 1 aromatic heterocycles. The van der Waals surface area contributed by atoms with Gasteiger partial charge in [-0.05, 0) is 39.3 Å². The van der Waals surface area contributed by atoms with Gasteiger partial charge in [0.25, 0.3) is 0 Å². The number of hydrogen-bond acceptors (Lipinski definition) is 4. The van der Waals surface area contributed by atoms with E-state index in [1.165, 1.54) is 18.4 Å². The van der Waals surface area contributed by atoms with Gasteiger partial charge in [0.05, 0.1) is 12.2 Å². The maximum absolute atomic E-state index is 13.0. The maximum Gasteiger partial charge on any atom is 0.239 e. The van der Waals surface area contributed by atoms with Gasteiger partial charge in [0.2, 0.25) is 5.91 Å². The molecule has 0 radical (unpaired) electrons. The molecule has 0 bridgehead atoms. The van der Waals surface area contributed by atoms with E-state index in [4.69, 9.17) is 0 Å². The van der Waals surface area contributed by atoms with Crippen molar-refractivity contribution in [3.05, 3.63) is 18.0 Å². The Hall–Kier alpha value is -1.40. The third-order valence-corrected chi connectivity index (χ3v) is 5.62. The van der Waals surface area contributed by atoms with Crippen LogP contribution in [0, 0.1) is 0 Å². The van der Waals surface area contributed by atoms with Crippen molar-refractivity contribution in [3.8, 4) is 0 Å². The Morgan fingerprint density at radius 2 is 1.96 bits per heavy atom. The van der Waals surface area contributed by atoms with Crippen molar-refractivity contribution in [3.63, 3.8) is 0 Å². The molecule has 0 aromatic carbocycles. The normalized spacial score (nSPS) is 23.6. The van der Waals surface area contributed by atoms with E-state index in [1.807, 2.05) is 10.9 Å². The van der Waals surface area contributed by atoms with Crippen LogP contribution in [0.25, 0.3) is 0 Å². The van der Waals surface area contributed by atoms with Gasteiger partial charge in [-0.15, -0.1) is 0 Å². The number of carbonyl (C=O) groups is 1. The highest BCUT2D eigenvalue weighted by Gasteiger charge is 2.31.